The number of rotatable bonds is 8. The van der Waals surface area contributed by atoms with E-state index >= 15 is 0 Å². The van der Waals surface area contributed by atoms with Gasteiger partial charge in [-0.25, -0.2) is 0 Å². The van der Waals surface area contributed by atoms with Crippen LogP contribution in [0.1, 0.15) is 44.1 Å². The first-order valence-corrected chi connectivity index (χ1v) is 10.5. The second-order valence-corrected chi connectivity index (χ2v) is 8.52. The summed E-state index contributed by atoms with van der Waals surface area (Å²) in [5.74, 6) is 1.86. The van der Waals surface area contributed by atoms with E-state index in [-0.39, 0.29) is 17.7 Å². The zero-order chi connectivity index (χ0) is 18.6. The molecular formula is C22H31N3O2. The number of carbonyl (C=O) groups is 2. The molecule has 27 heavy (non-hydrogen) atoms. The molecule has 0 aromatic heterocycles. The van der Waals surface area contributed by atoms with Gasteiger partial charge in [-0.1, -0.05) is 30.3 Å². The van der Waals surface area contributed by atoms with Crippen LogP contribution in [0.3, 0.4) is 0 Å². The Kier molecular flexibility index (Phi) is 5.77. The molecule has 2 aliphatic carbocycles. The number of hydrogen-bond donors (Lipinski definition) is 2. The predicted octanol–water partition coefficient (Wildman–Crippen LogP) is 2.32. The average molecular weight is 370 g/mol. The first kappa shape index (κ1) is 18.5. The summed E-state index contributed by atoms with van der Waals surface area (Å²) in [5.41, 5.74) is 1.13. The van der Waals surface area contributed by atoms with Crippen molar-refractivity contribution in [3.05, 3.63) is 35.9 Å². The Hall–Kier alpha value is -1.88. The molecule has 1 aliphatic heterocycles. The van der Waals surface area contributed by atoms with Gasteiger partial charge in [0.15, 0.2) is 0 Å². The summed E-state index contributed by atoms with van der Waals surface area (Å²) >= 11 is 0. The fraction of sp³-hybridized carbons (Fsp3) is 0.636. The lowest BCUT2D eigenvalue weighted by atomic mass is 9.95. The fourth-order valence-electron chi connectivity index (χ4n) is 4.25. The van der Waals surface area contributed by atoms with E-state index in [1.807, 2.05) is 30.3 Å². The van der Waals surface area contributed by atoms with Crippen LogP contribution in [0.5, 0.6) is 0 Å². The van der Waals surface area contributed by atoms with Crippen LogP contribution in [0.25, 0.3) is 0 Å². The minimum atomic E-state index is 0.0682. The Morgan fingerprint density at radius 2 is 1.59 bits per heavy atom. The van der Waals surface area contributed by atoms with Crippen LogP contribution in [-0.4, -0.2) is 42.4 Å². The van der Waals surface area contributed by atoms with Crippen molar-refractivity contribution in [2.45, 2.75) is 51.1 Å². The van der Waals surface area contributed by atoms with E-state index in [1.54, 1.807) is 0 Å². The van der Waals surface area contributed by atoms with Gasteiger partial charge in [0.05, 0.1) is 6.54 Å². The number of hydrogen-bond acceptors (Lipinski definition) is 3. The van der Waals surface area contributed by atoms with E-state index in [0.29, 0.717) is 19.1 Å². The summed E-state index contributed by atoms with van der Waals surface area (Å²) in [6.45, 7) is 2.73. The maximum absolute atomic E-state index is 12.4. The molecule has 1 saturated heterocycles. The molecule has 2 amide bonds. The molecule has 1 aromatic carbocycles. The van der Waals surface area contributed by atoms with Crippen LogP contribution in [0.2, 0.25) is 0 Å². The summed E-state index contributed by atoms with van der Waals surface area (Å²) < 4.78 is 0. The Balaban J connectivity index is 1.16. The number of benzene rings is 1. The summed E-state index contributed by atoms with van der Waals surface area (Å²) in [4.78, 5) is 27.0. The second-order valence-electron chi connectivity index (χ2n) is 8.52. The van der Waals surface area contributed by atoms with Crippen LogP contribution in [-0.2, 0) is 16.1 Å². The standard InChI is InChI=1S/C22H31N3O2/c26-20(24-21(17-6-7-17)18-8-9-18)15-25-12-10-19(11-13-25)22(27)23-14-16-4-2-1-3-5-16/h1-5,17-19,21H,6-15H2,(H,23,27)(H,24,26). The third-order valence-corrected chi connectivity index (χ3v) is 6.22. The summed E-state index contributed by atoms with van der Waals surface area (Å²) in [7, 11) is 0. The molecule has 0 unspecified atom stereocenters. The van der Waals surface area contributed by atoms with Crippen molar-refractivity contribution in [3.8, 4) is 0 Å². The van der Waals surface area contributed by atoms with Gasteiger partial charge in [-0.3, -0.25) is 14.5 Å². The maximum Gasteiger partial charge on any atom is 0.234 e. The van der Waals surface area contributed by atoms with E-state index in [9.17, 15) is 9.59 Å². The molecule has 1 heterocycles. The van der Waals surface area contributed by atoms with Gasteiger partial charge in [0.1, 0.15) is 0 Å². The lowest BCUT2D eigenvalue weighted by Gasteiger charge is -2.31. The molecule has 5 nitrogen and oxygen atoms in total. The molecule has 0 bridgehead atoms. The Morgan fingerprint density at radius 1 is 0.963 bits per heavy atom. The summed E-state index contributed by atoms with van der Waals surface area (Å²) in [5, 5.41) is 6.35. The van der Waals surface area contributed by atoms with Crippen molar-refractivity contribution in [1.82, 2.24) is 15.5 Å². The number of nitrogens with zero attached hydrogens (tertiary/aromatic N) is 1. The lowest BCUT2D eigenvalue weighted by molar-refractivity contribution is -0.127. The topological polar surface area (TPSA) is 61.4 Å². The first-order chi connectivity index (χ1) is 13.2. The van der Waals surface area contributed by atoms with Gasteiger partial charge in [0.25, 0.3) is 0 Å². The highest BCUT2D eigenvalue weighted by Crippen LogP contribution is 2.44. The highest BCUT2D eigenvalue weighted by molar-refractivity contribution is 5.79. The van der Waals surface area contributed by atoms with Gasteiger partial charge in [0.2, 0.25) is 11.8 Å². The molecule has 1 aromatic rings. The number of piperidine rings is 1. The Labute approximate surface area is 161 Å². The van der Waals surface area contributed by atoms with Crippen LogP contribution in [0, 0.1) is 17.8 Å². The molecule has 3 fully saturated rings. The highest BCUT2D eigenvalue weighted by atomic mass is 16.2. The van der Waals surface area contributed by atoms with Gasteiger partial charge in [-0.05, 0) is 69.0 Å². The highest BCUT2D eigenvalue weighted by Gasteiger charge is 2.42. The smallest absolute Gasteiger partial charge is 0.234 e. The molecule has 4 rings (SSSR count). The van der Waals surface area contributed by atoms with Crippen LogP contribution in [0.4, 0.5) is 0 Å². The first-order valence-electron chi connectivity index (χ1n) is 10.5. The molecule has 2 saturated carbocycles. The molecule has 0 atom stereocenters. The van der Waals surface area contributed by atoms with Crippen molar-refractivity contribution in [3.63, 3.8) is 0 Å². The minimum Gasteiger partial charge on any atom is -0.352 e. The van der Waals surface area contributed by atoms with Gasteiger partial charge in [-0.15, -0.1) is 0 Å². The SMILES string of the molecule is O=C(CN1CCC(C(=O)NCc2ccccc2)CC1)NC(C1CC1)C1CC1. The number of carbonyl (C=O) groups excluding carboxylic acids is 2. The number of amides is 2. The van der Waals surface area contributed by atoms with E-state index < -0.39 is 0 Å². The van der Waals surface area contributed by atoms with E-state index in [0.717, 1.165) is 43.3 Å². The van der Waals surface area contributed by atoms with Crippen molar-refractivity contribution in [2.24, 2.45) is 17.8 Å². The predicted molar refractivity (Wildman–Crippen MR) is 105 cm³/mol. The van der Waals surface area contributed by atoms with Crippen LogP contribution in [0.15, 0.2) is 30.3 Å². The van der Waals surface area contributed by atoms with E-state index in [4.69, 9.17) is 0 Å². The second kappa shape index (κ2) is 8.42. The molecule has 0 radical (unpaired) electrons. The van der Waals surface area contributed by atoms with Crippen LogP contribution >= 0.6 is 0 Å². The third-order valence-electron chi connectivity index (χ3n) is 6.22. The van der Waals surface area contributed by atoms with E-state index in [2.05, 4.69) is 15.5 Å². The number of nitrogens with one attached hydrogen (secondary N) is 2. The molecular weight excluding hydrogens is 338 g/mol. The van der Waals surface area contributed by atoms with Crippen molar-refractivity contribution in [1.29, 1.82) is 0 Å². The zero-order valence-electron chi connectivity index (χ0n) is 16.0. The molecule has 5 heteroatoms. The summed E-state index contributed by atoms with van der Waals surface area (Å²) in [6, 6.07) is 10.4. The molecule has 3 aliphatic rings. The quantitative estimate of drug-likeness (QED) is 0.739. The Bertz CT molecular complexity index is 635. The maximum atomic E-state index is 12.4. The number of likely N-dealkylation sites (tertiary alicyclic amines) is 1. The fourth-order valence-corrected chi connectivity index (χ4v) is 4.25. The van der Waals surface area contributed by atoms with Crippen molar-refractivity contribution in [2.75, 3.05) is 19.6 Å². The van der Waals surface area contributed by atoms with Gasteiger partial charge in [-0.2, -0.15) is 0 Å². The van der Waals surface area contributed by atoms with Gasteiger partial charge in [0, 0.05) is 18.5 Å². The summed E-state index contributed by atoms with van der Waals surface area (Å²) in [6.07, 6.45) is 6.80. The monoisotopic (exact) mass is 369 g/mol. The van der Waals surface area contributed by atoms with Gasteiger partial charge < -0.3 is 10.6 Å². The van der Waals surface area contributed by atoms with Crippen molar-refractivity contribution < 1.29 is 9.59 Å². The van der Waals surface area contributed by atoms with E-state index in [1.165, 1.54) is 25.7 Å². The normalized spacial score (nSPS) is 21.2. The minimum absolute atomic E-state index is 0.0682. The molecule has 2 N–H and O–H groups in total. The molecule has 0 spiro atoms. The van der Waals surface area contributed by atoms with Crippen molar-refractivity contribution >= 4 is 11.8 Å². The largest absolute Gasteiger partial charge is 0.352 e. The van der Waals surface area contributed by atoms with Gasteiger partial charge >= 0.3 is 0 Å². The Morgan fingerprint density at radius 3 is 2.19 bits per heavy atom. The zero-order valence-corrected chi connectivity index (χ0v) is 16.0. The van der Waals surface area contributed by atoms with Crippen LogP contribution < -0.4 is 10.6 Å². The average Bonchev–Trinajstić information content (AvgIpc) is 3.59. The lowest BCUT2D eigenvalue weighted by Crippen LogP contribution is -2.47. The molecule has 146 valence electrons. The third kappa shape index (κ3) is 5.32.